The van der Waals surface area contributed by atoms with Crippen molar-refractivity contribution >= 4 is 0 Å². The number of likely N-dealkylation sites (tertiary alicyclic amines) is 1. The van der Waals surface area contributed by atoms with Crippen LogP contribution < -0.4 is 0 Å². The molecule has 3 heteroatoms. The summed E-state index contributed by atoms with van der Waals surface area (Å²) in [5.41, 5.74) is 0. The number of hydrogen-bond acceptors (Lipinski definition) is 1. The van der Waals surface area contributed by atoms with Crippen LogP contribution in [0.2, 0.25) is 0 Å². The molecule has 1 heterocycles. The molecule has 0 bridgehead atoms. The van der Waals surface area contributed by atoms with E-state index in [2.05, 4.69) is 12.0 Å². The summed E-state index contributed by atoms with van der Waals surface area (Å²) < 4.78 is 24.4. The lowest BCUT2D eigenvalue weighted by atomic mass is 10.1. The first kappa shape index (κ1) is 8.32. The fraction of sp³-hybridized carbons (Fsp3) is 0.750. The van der Waals surface area contributed by atoms with E-state index in [1.807, 2.05) is 13.8 Å². The quantitative estimate of drug-likeness (QED) is 0.485. The van der Waals surface area contributed by atoms with Gasteiger partial charge in [0.15, 0.2) is 0 Å². The highest BCUT2D eigenvalue weighted by molar-refractivity contribution is 5.06. The lowest BCUT2D eigenvalue weighted by molar-refractivity contribution is -0.106. The molecule has 0 amide bonds. The van der Waals surface area contributed by atoms with Gasteiger partial charge < -0.3 is 4.90 Å². The standard InChI is InChI=1S/C8H11F2N/c1-7(2)3-4-11-5-8(9,10)6-11/h7H,5-6H2,1-2H3. The molecule has 11 heavy (non-hydrogen) atoms. The van der Waals surface area contributed by atoms with Gasteiger partial charge in [-0.1, -0.05) is 19.8 Å². The molecule has 0 saturated carbocycles. The van der Waals surface area contributed by atoms with Crippen LogP contribution in [0.4, 0.5) is 8.78 Å². The summed E-state index contributed by atoms with van der Waals surface area (Å²) in [6.45, 7) is 3.47. The van der Waals surface area contributed by atoms with Crippen LogP contribution >= 0.6 is 0 Å². The van der Waals surface area contributed by atoms with Crippen LogP contribution in [0.25, 0.3) is 0 Å². The second-order valence-electron chi connectivity index (χ2n) is 3.12. The van der Waals surface area contributed by atoms with Crippen LogP contribution in [0.3, 0.4) is 0 Å². The molecular formula is C8H11F2N. The molecule has 0 aromatic heterocycles. The lowest BCUT2D eigenvalue weighted by Crippen LogP contribution is -2.53. The van der Waals surface area contributed by atoms with E-state index in [4.69, 9.17) is 0 Å². The van der Waals surface area contributed by atoms with Gasteiger partial charge in [0.25, 0.3) is 5.92 Å². The maximum Gasteiger partial charge on any atom is 0.283 e. The van der Waals surface area contributed by atoms with Crippen molar-refractivity contribution in [2.24, 2.45) is 5.92 Å². The van der Waals surface area contributed by atoms with Crippen molar-refractivity contribution in [2.45, 2.75) is 19.8 Å². The van der Waals surface area contributed by atoms with Crippen molar-refractivity contribution < 1.29 is 8.78 Å². The highest BCUT2D eigenvalue weighted by atomic mass is 19.3. The van der Waals surface area contributed by atoms with Gasteiger partial charge in [-0.15, -0.1) is 0 Å². The van der Waals surface area contributed by atoms with Gasteiger partial charge in [0.2, 0.25) is 0 Å². The topological polar surface area (TPSA) is 3.24 Å². The fourth-order valence-electron chi connectivity index (χ4n) is 0.812. The largest absolute Gasteiger partial charge is 0.320 e. The van der Waals surface area contributed by atoms with Gasteiger partial charge in [0.05, 0.1) is 13.1 Å². The van der Waals surface area contributed by atoms with Crippen molar-refractivity contribution in [3.05, 3.63) is 0 Å². The summed E-state index contributed by atoms with van der Waals surface area (Å²) in [6.07, 6.45) is 0. The third-order valence-corrected chi connectivity index (χ3v) is 1.36. The molecule has 1 aliphatic heterocycles. The smallest absolute Gasteiger partial charge is 0.283 e. The van der Waals surface area contributed by atoms with E-state index in [-0.39, 0.29) is 19.0 Å². The van der Waals surface area contributed by atoms with Crippen LogP contribution in [0.15, 0.2) is 0 Å². The van der Waals surface area contributed by atoms with Crippen LogP contribution in [-0.4, -0.2) is 23.9 Å². The van der Waals surface area contributed by atoms with Crippen molar-refractivity contribution in [1.29, 1.82) is 0 Å². The summed E-state index contributed by atoms with van der Waals surface area (Å²) in [6, 6.07) is 2.68. The normalized spacial score (nSPS) is 20.6. The Morgan fingerprint density at radius 2 is 1.91 bits per heavy atom. The van der Waals surface area contributed by atoms with Gasteiger partial charge in [-0.3, -0.25) is 0 Å². The maximum atomic E-state index is 12.2. The molecule has 1 nitrogen and oxygen atoms in total. The van der Waals surface area contributed by atoms with Gasteiger partial charge in [-0.05, 0) is 0 Å². The summed E-state index contributed by atoms with van der Waals surface area (Å²) >= 11 is 0. The van der Waals surface area contributed by atoms with Crippen LogP contribution in [-0.2, 0) is 0 Å². The Kier molecular flexibility index (Phi) is 2.03. The summed E-state index contributed by atoms with van der Waals surface area (Å²) in [5.74, 6) is 0.587. The Morgan fingerprint density at radius 1 is 1.36 bits per heavy atom. The van der Waals surface area contributed by atoms with Crippen molar-refractivity contribution in [2.75, 3.05) is 13.1 Å². The number of rotatable bonds is 0. The molecule has 0 aliphatic carbocycles. The SMILES string of the molecule is CC(C)C#CN1CC(F)(F)C1. The van der Waals surface area contributed by atoms with E-state index in [1.54, 1.807) is 0 Å². The molecule has 1 fully saturated rings. The summed E-state index contributed by atoms with van der Waals surface area (Å²) in [4.78, 5) is 1.44. The van der Waals surface area contributed by atoms with Crippen LogP contribution in [0, 0.1) is 17.9 Å². The second kappa shape index (κ2) is 2.69. The first-order valence-corrected chi connectivity index (χ1v) is 3.63. The minimum atomic E-state index is -2.49. The van der Waals surface area contributed by atoms with E-state index in [1.165, 1.54) is 4.90 Å². The molecule has 0 radical (unpaired) electrons. The first-order valence-electron chi connectivity index (χ1n) is 3.63. The first-order chi connectivity index (χ1) is 4.99. The Labute approximate surface area is 65.4 Å². The zero-order valence-electron chi connectivity index (χ0n) is 6.69. The van der Waals surface area contributed by atoms with Gasteiger partial charge in [0, 0.05) is 12.0 Å². The van der Waals surface area contributed by atoms with Gasteiger partial charge in [-0.25, -0.2) is 8.78 Å². The Balaban J connectivity index is 2.30. The molecule has 1 saturated heterocycles. The molecular weight excluding hydrogens is 148 g/mol. The molecule has 62 valence electrons. The van der Waals surface area contributed by atoms with E-state index in [0.29, 0.717) is 0 Å². The minimum absolute atomic E-state index is 0.202. The molecule has 0 unspecified atom stereocenters. The highest BCUT2D eigenvalue weighted by Gasteiger charge is 2.42. The van der Waals surface area contributed by atoms with Crippen LogP contribution in [0.1, 0.15) is 13.8 Å². The Bertz CT molecular complexity index is 192. The molecule has 0 atom stereocenters. The third-order valence-electron chi connectivity index (χ3n) is 1.36. The number of nitrogens with zero attached hydrogens (tertiary/aromatic N) is 1. The van der Waals surface area contributed by atoms with E-state index in [9.17, 15) is 8.78 Å². The minimum Gasteiger partial charge on any atom is -0.320 e. The maximum absolute atomic E-state index is 12.2. The molecule has 0 spiro atoms. The predicted octanol–water partition coefficient (Wildman–Crippen LogP) is 1.55. The van der Waals surface area contributed by atoms with Crippen LogP contribution in [0.5, 0.6) is 0 Å². The fourth-order valence-corrected chi connectivity index (χ4v) is 0.812. The van der Waals surface area contributed by atoms with E-state index >= 15 is 0 Å². The van der Waals surface area contributed by atoms with Crippen molar-refractivity contribution in [3.63, 3.8) is 0 Å². The highest BCUT2D eigenvalue weighted by Crippen LogP contribution is 2.25. The van der Waals surface area contributed by atoms with E-state index < -0.39 is 5.92 Å². The lowest BCUT2D eigenvalue weighted by Gasteiger charge is -2.35. The van der Waals surface area contributed by atoms with Gasteiger partial charge in [-0.2, -0.15) is 0 Å². The average molecular weight is 159 g/mol. The number of halogens is 2. The van der Waals surface area contributed by atoms with Gasteiger partial charge >= 0.3 is 0 Å². The molecule has 0 aromatic carbocycles. The summed E-state index contributed by atoms with van der Waals surface area (Å²) in [7, 11) is 0. The van der Waals surface area contributed by atoms with E-state index in [0.717, 1.165) is 0 Å². The molecule has 1 aliphatic rings. The Hall–Kier alpha value is -0.780. The van der Waals surface area contributed by atoms with Crippen molar-refractivity contribution in [3.8, 4) is 12.0 Å². The second-order valence-corrected chi connectivity index (χ2v) is 3.12. The summed E-state index contributed by atoms with van der Waals surface area (Å²) in [5, 5.41) is 0. The number of hydrogen-bond donors (Lipinski definition) is 0. The molecule has 0 aromatic rings. The van der Waals surface area contributed by atoms with Crippen molar-refractivity contribution in [1.82, 2.24) is 4.90 Å². The number of alkyl halides is 2. The zero-order valence-corrected chi connectivity index (χ0v) is 6.69. The average Bonchev–Trinajstić information content (AvgIpc) is 1.78. The zero-order chi connectivity index (χ0) is 8.48. The molecule has 1 rings (SSSR count). The predicted molar refractivity (Wildman–Crippen MR) is 39.1 cm³/mol. The Morgan fingerprint density at radius 3 is 2.27 bits per heavy atom. The van der Waals surface area contributed by atoms with Gasteiger partial charge in [0.1, 0.15) is 0 Å². The third kappa shape index (κ3) is 2.38. The molecule has 0 N–H and O–H groups in total. The monoisotopic (exact) mass is 159 g/mol.